The van der Waals surface area contributed by atoms with E-state index in [-0.39, 0.29) is 5.97 Å². The zero-order chi connectivity index (χ0) is 9.26. The maximum Gasteiger partial charge on any atom is 0.358 e. The van der Waals surface area contributed by atoms with Crippen molar-refractivity contribution < 1.29 is 9.53 Å². The molecule has 0 fully saturated rings. The van der Waals surface area contributed by atoms with Gasteiger partial charge in [-0.3, -0.25) is 4.68 Å². The van der Waals surface area contributed by atoms with Gasteiger partial charge in [-0.25, -0.2) is 9.78 Å². The molecular formula is C8H11N3O2. The van der Waals surface area contributed by atoms with Crippen molar-refractivity contribution >= 4 is 5.97 Å². The molecule has 2 heterocycles. The number of hydrogen-bond donors (Lipinski definition) is 1. The number of esters is 1. The van der Waals surface area contributed by atoms with E-state index in [1.54, 1.807) is 10.9 Å². The van der Waals surface area contributed by atoms with E-state index < -0.39 is 0 Å². The van der Waals surface area contributed by atoms with E-state index in [1.807, 2.05) is 0 Å². The molecule has 0 aliphatic carbocycles. The Kier molecular flexibility index (Phi) is 1.92. The first-order chi connectivity index (χ1) is 6.31. The molecule has 0 radical (unpaired) electrons. The lowest BCUT2D eigenvalue weighted by atomic mass is 10.3. The molecule has 0 saturated heterocycles. The average Bonchev–Trinajstić information content (AvgIpc) is 2.59. The summed E-state index contributed by atoms with van der Waals surface area (Å²) in [5, 5.41) is 0. The monoisotopic (exact) mass is 181 g/mol. The number of rotatable bonds is 1. The molecule has 1 aliphatic heterocycles. The summed E-state index contributed by atoms with van der Waals surface area (Å²) in [4.78, 5) is 15.3. The lowest BCUT2D eigenvalue weighted by molar-refractivity contribution is 0.0594. The summed E-state index contributed by atoms with van der Waals surface area (Å²) in [6.07, 6.45) is 3.63. The topological polar surface area (TPSA) is 56.2 Å². The van der Waals surface area contributed by atoms with Gasteiger partial charge in [0.25, 0.3) is 0 Å². The van der Waals surface area contributed by atoms with Crippen LogP contribution >= 0.6 is 0 Å². The maximum atomic E-state index is 11.1. The number of carbonyl (C=O) groups excluding carboxylic acids is 1. The zero-order valence-corrected chi connectivity index (χ0v) is 7.41. The Morgan fingerprint density at radius 3 is 3.31 bits per heavy atom. The molecule has 1 aromatic heterocycles. The highest BCUT2D eigenvalue weighted by atomic mass is 16.5. The molecule has 5 heteroatoms. The van der Waals surface area contributed by atoms with Gasteiger partial charge in [0.2, 0.25) is 0 Å². The SMILES string of the molecule is COC(=O)c1cn2c(n1)CCCN2. The average molecular weight is 181 g/mol. The lowest BCUT2D eigenvalue weighted by Crippen LogP contribution is -2.23. The van der Waals surface area contributed by atoms with Gasteiger partial charge in [-0.1, -0.05) is 0 Å². The number of aromatic nitrogens is 2. The summed E-state index contributed by atoms with van der Waals surface area (Å²) in [5.74, 6) is 0.510. The second kappa shape index (κ2) is 3.08. The van der Waals surface area contributed by atoms with Gasteiger partial charge in [-0.2, -0.15) is 0 Å². The van der Waals surface area contributed by atoms with Gasteiger partial charge in [0.05, 0.1) is 13.3 Å². The van der Waals surface area contributed by atoms with Crippen molar-refractivity contribution in [1.29, 1.82) is 0 Å². The predicted molar refractivity (Wildman–Crippen MR) is 46.1 cm³/mol. The molecule has 1 aliphatic rings. The second-order valence-corrected chi connectivity index (χ2v) is 2.92. The van der Waals surface area contributed by atoms with Crippen molar-refractivity contribution in [1.82, 2.24) is 9.66 Å². The minimum atomic E-state index is -0.385. The van der Waals surface area contributed by atoms with Crippen molar-refractivity contribution in [2.24, 2.45) is 0 Å². The molecule has 0 bridgehead atoms. The summed E-state index contributed by atoms with van der Waals surface area (Å²) in [6, 6.07) is 0. The minimum Gasteiger partial charge on any atom is -0.464 e. The molecule has 1 N–H and O–H groups in total. The molecule has 1 aromatic rings. The molecule has 0 amide bonds. The third kappa shape index (κ3) is 1.37. The Bertz CT molecular complexity index is 309. The molecule has 0 atom stereocenters. The maximum absolute atomic E-state index is 11.1. The van der Waals surface area contributed by atoms with Crippen LogP contribution in [-0.4, -0.2) is 29.3 Å². The predicted octanol–water partition coefficient (Wildman–Crippen LogP) is 0.159. The number of nitrogens with one attached hydrogen (secondary N) is 1. The van der Waals surface area contributed by atoms with E-state index in [4.69, 9.17) is 0 Å². The molecule has 0 unspecified atom stereocenters. The molecule has 5 nitrogen and oxygen atoms in total. The van der Waals surface area contributed by atoms with Gasteiger partial charge in [0.1, 0.15) is 5.82 Å². The molecule has 2 rings (SSSR count). The summed E-state index contributed by atoms with van der Waals surface area (Å²) >= 11 is 0. The second-order valence-electron chi connectivity index (χ2n) is 2.92. The van der Waals surface area contributed by atoms with E-state index in [2.05, 4.69) is 15.1 Å². The minimum absolute atomic E-state index is 0.368. The quantitative estimate of drug-likeness (QED) is 0.627. The Balaban J connectivity index is 2.30. The fourth-order valence-corrected chi connectivity index (χ4v) is 1.38. The molecular weight excluding hydrogens is 170 g/mol. The third-order valence-electron chi connectivity index (χ3n) is 2.03. The van der Waals surface area contributed by atoms with Gasteiger partial charge < -0.3 is 10.2 Å². The van der Waals surface area contributed by atoms with Crippen LogP contribution in [0.2, 0.25) is 0 Å². The van der Waals surface area contributed by atoms with Crippen molar-refractivity contribution in [2.75, 3.05) is 19.1 Å². The highest BCUT2D eigenvalue weighted by molar-refractivity contribution is 5.86. The summed E-state index contributed by atoms with van der Waals surface area (Å²) in [7, 11) is 1.36. The van der Waals surface area contributed by atoms with Gasteiger partial charge in [0.15, 0.2) is 5.69 Å². The number of aryl methyl sites for hydroxylation is 1. The summed E-state index contributed by atoms with van der Waals surface area (Å²) in [5.41, 5.74) is 3.48. The first-order valence-corrected chi connectivity index (χ1v) is 4.21. The first-order valence-electron chi connectivity index (χ1n) is 4.21. The zero-order valence-electron chi connectivity index (χ0n) is 7.41. The van der Waals surface area contributed by atoms with Crippen LogP contribution in [0.5, 0.6) is 0 Å². The molecule has 0 saturated carbocycles. The highest BCUT2D eigenvalue weighted by Crippen LogP contribution is 2.08. The molecule has 0 aromatic carbocycles. The standard InChI is InChI=1S/C8H11N3O2/c1-13-8(12)6-5-11-7(10-6)3-2-4-9-11/h5,9H,2-4H2,1H3. The van der Waals surface area contributed by atoms with Gasteiger partial charge in [-0.15, -0.1) is 0 Å². The van der Waals surface area contributed by atoms with Crippen LogP contribution < -0.4 is 5.43 Å². The van der Waals surface area contributed by atoms with E-state index in [1.165, 1.54) is 7.11 Å². The van der Waals surface area contributed by atoms with E-state index in [0.29, 0.717) is 5.69 Å². The van der Waals surface area contributed by atoms with E-state index in [9.17, 15) is 4.79 Å². The fourth-order valence-electron chi connectivity index (χ4n) is 1.38. The van der Waals surface area contributed by atoms with Crippen molar-refractivity contribution in [3.05, 3.63) is 17.7 Å². The first kappa shape index (κ1) is 8.10. The van der Waals surface area contributed by atoms with Crippen LogP contribution in [-0.2, 0) is 11.2 Å². The van der Waals surface area contributed by atoms with Crippen molar-refractivity contribution in [3.63, 3.8) is 0 Å². The Morgan fingerprint density at radius 1 is 1.77 bits per heavy atom. The Hall–Kier alpha value is -1.52. The number of imidazole rings is 1. The summed E-state index contributed by atoms with van der Waals surface area (Å²) < 4.78 is 6.36. The number of hydrogen-bond acceptors (Lipinski definition) is 4. The van der Waals surface area contributed by atoms with E-state index in [0.717, 1.165) is 25.2 Å². The van der Waals surface area contributed by atoms with Gasteiger partial charge in [0, 0.05) is 13.0 Å². The number of carbonyl (C=O) groups is 1. The van der Waals surface area contributed by atoms with Gasteiger partial charge in [-0.05, 0) is 6.42 Å². The van der Waals surface area contributed by atoms with Crippen LogP contribution in [0, 0.1) is 0 Å². The van der Waals surface area contributed by atoms with Crippen molar-refractivity contribution in [3.8, 4) is 0 Å². The Labute approximate surface area is 75.7 Å². The number of methoxy groups -OCH3 is 1. The van der Waals surface area contributed by atoms with Crippen LogP contribution in [0.15, 0.2) is 6.20 Å². The number of ether oxygens (including phenoxy) is 1. The highest BCUT2D eigenvalue weighted by Gasteiger charge is 2.16. The van der Waals surface area contributed by atoms with Crippen LogP contribution in [0.25, 0.3) is 0 Å². The Morgan fingerprint density at radius 2 is 2.62 bits per heavy atom. The van der Waals surface area contributed by atoms with Crippen LogP contribution in [0.4, 0.5) is 0 Å². The van der Waals surface area contributed by atoms with Gasteiger partial charge >= 0.3 is 5.97 Å². The lowest BCUT2D eigenvalue weighted by Gasteiger charge is -2.14. The van der Waals surface area contributed by atoms with Crippen molar-refractivity contribution in [2.45, 2.75) is 12.8 Å². The smallest absolute Gasteiger partial charge is 0.358 e. The normalized spacial score (nSPS) is 14.5. The largest absolute Gasteiger partial charge is 0.464 e. The summed E-state index contributed by atoms with van der Waals surface area (Å²) in [6.45, 7) is 0.921. The fraction of sp³-hybridized carbons (Fsp3) is 0.500. The van der Waals surface area contributed by atoms with Crippen LogP contribution in [0.1, 0.15) is 22.7 Å². The molecule has 70 valence electrons. The van der Waals surface area contributed by atoms with Crippen LogP contribution in [0.3, 0.4) is 0 Å². The molecule has 13 heavy (non-hydrogen) atoms. The van der Waals surface area contributed by atoms with E-state index >= 15 is 0 Å². The molecule has 0 spiro atoms. The number of fused-ring (bicyclic) bond motifs is 1. The third-order valence-corrected chi connectivity index (χ3v) is 2.03. The number of nitrogens with zero attached hydrogens (tertiary/aromatic N) is 2.